The normalized spacial score (nSPS) is 21.3. The van der Waals surface area contributed by atoms with Gasteiger partial charge < -0.3 is 15.8 Å². The highest BCUT2D eigenvalue weighted by molar-refractivity contribution is 5.83. The minimum Gasteiger partial charge on any atom is -0.444 e. The van der Waals surface area contributed by atoms with Crippen LogP contribution in [0.2, 0.25) is 0 Å². The Morgan fingerprint density at radius 1 is 1.30 bits per heavy atom. The molecule has 0 aromatic heterocycles. The first-order chi connectivity index (χ1) is 10.2. The molecule has 132 valence electrons. The minimum absolute atomic E-state index is 0.228. The summed E-state index contributed by atoms with van der Waals surface area (Å²) >= 11 is 0. The summed E-state index contributed by atoms with van der Waals surface area (Å²) in [5, 5.41) is 2.89. The van der Waals surface area contributed by atoms with Gasteiger partial charge in [-0.3, -0.25) is 9.69 Å². The lowest BCUT2D eigenvalue weighted by Gasteiger charge is -2.46. The van der Waals surface area contributed by atoms with Crippen LogP contribution in [0.5, 0.6) is 0 Å². The maximum atomic E-state index is 12.3. The van der Waals surface area contributed by atoms with Crippen molar-refractivity contribution in [1.82, 2.24) is 10.2 Å². The summed E-state index contributed by atoms with van der Waals surface area (Å²) in [6.07, 6.45) is -0.392. The number of likely N-dealkylation sites (tertiary alicyclic amines) is 1. The fourth-order valence-corrected chi connectivity index (χ4v) is 2.43. The summed E-state index contributed by atoms with van der Waals surface area (Å²) in [4.78, 5) is 26.0. The van der Waals surface area contributed by atoms with Gasteiger partial charge in [-0.1, -0.05) is 27.4 Å². The van der Waals surface area contributed by atoms with Crippen LogP contribution in [0, 0.1) is 5.41 Å². The number of nitrogens with two attached hydrogens (primary N) is 1. The first-order valence-corrected chi connectivity index (χ1v) is 7.97. The minimum atomic E-state index is -0.617. The second-order valence-electron chi connectivity index (χ2n) is 8.35. The summed E-state index contributed by atoms with van der Waals surface area (Å²) in [5.41, 5.74) is 5.99. The van der Waals surface area contributed by atoms with Crippen LogP contribution in [0.4, 0.5) is 4.79 Å². The largest absolute Gasteiger partial charge is 0.444 e. The molecule has 1 unspecified atom stereocenters. The zero-order chi connectivity index (χ0) is 18.2. The van der Waals surface area contributed by atoms with Crippen molar-refractivity contribution < 1.29 is 14.3 Å². The molecule has 1 aliphatic rings. The molecule has 0 aliphatic carbocycles. The van der Waals surface area contributed by atoms with Crippen LogP contribution >= 0.6 is 0 Å². The van der Waals surface area contributed by atoms with Crippen molar-refractivity contribution in [3.05, 3.63) is 12.2 Å². The fraction of sp³-hybridized carbons (Fsp3) is 0.765. The van der Waals surface area contributed by atoms with Gasteiger partial charge in [0.05, 0.1) is 18.1 Å². The predicted octanol–water partition coefficient (Wildman–Crippen LogP) is 2.04. The molecule has 6 nitrogen and oxygen atoms in total. The molecule has 3 atom stereocenters. The SMILES string of the molecule is C=C1CN(C(=O)OC(C)(C)C)[C@H]1[C@H](C)NC(=O)C(N)C(C)(C)C. The van der Waals surface area contributed by atoms with Crippen molar-refractivity contribution >= 4 is 12.0 Å². The number of nitrogens with one attached hydrogen (secondary N) is 1. The highest BCUT2D eigenvalue weighted by atomic mass is 16.6. The quantitative estimate of drug-likeness (QED) is 0.778. The molecular formula is C17H31N3O3. The van der Waals surface area contributed by atoms with E-state index in [-0.39, 0.29) is 23.4 Å². The van der Waals surface area contributed by atoms with Crippen LogP contribution in [0.25, 0.3) is 0 Å². The van der Waals surface area contributed by atoms with E-state index in [1.807, 2.05) is 48.5 Å². The first kappa shape index (κ1) is 19.5. The van der Waals surface area contributed by atoms with Crippen LogP contribution in [0.15, 0.2) is 12.2 Å². The zero-order valence-electron chi connectivity index (χ0n) is 15.4. The van der Waals surface area contributed by atoms with Gasteiger partial charge in [0, 0.05) is 6.54 Å². The highest BCUT2D eigenvalue weighted by Crippen LogP contribution is 2.28. The van der Waals surface area contributed by atoms with Crippen molar-refractivity contribution in [3.8, 4) is 0 Å². The van der Waals surface area contributed by atoms with Crippen LogP contribution in [-0.2, 0) is 9.53 Å². The second-order valence-corrected chi connectivity index (χ2v) is 8.35. The number of carbonyl (C=O) groups is 2. The maximum absolute atomic E-state index is 12.3. The lowest BCUT2D eigenvalue weighted by Crippen LogP contribution is -2.64. The third kappa shape index (κ3) is 4.96. The molecule has 1 heterocycles. The summed E-state index contributed by atoms with van der Waals surface area (Å²) in [5.74, 6) is -0.228. The molecule has 3 N–H and O–H groups in total. The van der Waals surface area contributed by atoms with Crippen LogP contribution in [-0.4, -0.2) is 47.2 Å². The predicted molar refractivity (Wildman–Crippen MR) is 90.9 cm³/mol. The Morgan fingerprint density at radius 2 is 1.83 bits per heavy atom. The molecular weight excluding hydrogens is 294 g/mol. The van der Waals surface area contributed by atoms with E-state index in [1.165, 1.54) is 0 Å². The van der Waals surface area contributed by atoms with Crippen molar-refractivity contribution in [2.75, 3.05) is 6.54 Å². The number of hydrogen-bond acceptors (Lipinski definition) is 4. The van der Waals surface area contributed by atoms with Gasteiger partial charge >= 0.3 is 6.09 Å². The smallest absolute Gasteiger partial charge is 0.411 e. The molecule has 23 heavy (non-hydrogen) atoms. The zero-order valence-corrected chi connectivity index (χ0v) is 15.4. The summed E-state index contributed by atoms with van der Waals surface area (Å²) in [7, 11) is 0. The molecule has 0 aromatic rings. The number of carbonyl (C=O) groups excluding carboxylic acids is 2. The Bertz CT molecular complexity index is 488. The van der Waals surface area contributed by atoms with E-state index in [4.69, 9.17) is 10.5 Å². The van der Waals surface area contributed by atoms with Gasteiger partial charge in [-0.2, -0.15) is 0 Å². The van der Waals surface area contributed by atoms with Gasteiger partial charge in [-0.15, -0.1) is 0 Å². The molecule has 0 saturated carbocycles. The molecule has 6 heteroatoms. The summed E-state index contributed by atoms with van der Waals surface area (Å²) in [6, 6.07) is -1.15. The van der Waals surface area contributed by atoms with E-state index in [9.17, 15) is 9.59 Å². The van der Waals surface area contributed by atoms with Crippen molar-refractivity contribution in [1.29, 1.82) is 0 Å². The fourth-order valence-electron chi connectivity index (χ4n) is 2.43. The Morgan fingerprint density at radius 3 is 2.22 bits per heavy atom. The molecule has 0 aromatic carbocycles. The van der Waals surface area contributed by atoms with E-state index in [2.05, 4.69) is 11.9 Å². The van der Waals surface area contributed by atoms with E-state index in [1.54, 1.807) is 4.90 Å². The lowest BCUT2D eigenvalue weighted by atomic mass is 9.86. The Balaban J connectivity index is 2.71. The van der Waals surface area contributed by atoms with Gasteiger partial charge in [0.2, 0.25) is 5.91 Å². The summed E-state index contributed by atoms with van der Waals surface area (Å²) < 4.78 is 5.39. The Kier molecular flexibility index (Phi) is 5.52. The van der Waals surface area contributed by atoms with Crippen LogP contribution in [0.1, 0.15) is 48.5 Å². The molecule has 1 fully saturated rings. The third-order valence-electron chi connectivity index (χ3n) is 3.81. The van der Waals surface area contributed by atoms with Crippen LogP contribution < -0.4 is 11.1 Å². The highest BCUT2D eigenvalue weighted by Gasteiger charge is 2.42. The molecule has 1 saturated heterocycles. The number of nitrogens with zero attached hydrogens (tertiary/aromatic N) is 1. The lowest BCUT2D eigenvalue weighted by molar-refractivity contribution is -0.125. The molecule has 1 aliphatic heterocycles. The molecule has 0 spiro atoms. The molecule has 0 bridgehead atoms. The number of hydrogen-bond donors (Lipinski definition) is 2. The van der Waals surface area contributed by atoms with E-state index in [0.29, 0.717) is 6.54 Å². The number of amides is 2. The van der Waals surface area contributed by atoms with Gasteiger partial charge in [0.1, 0.15) is 5.60 Å². The first-order valence-electron chi connectivity index (χ1n) is 7.97. The average molecular weight is 325 g/mol. The van der Waals surface area contributed by atoms with Crippen molar-refractivity contribution in [2.45, 2.75) is 72.2 Å². The van der Waals surface area contributed by atoms with Gasteiger partial charge in [-0.25, -0.2) is 4.79 Å². The molecule has 1 rings (SSSR count). The monoisotopic (exact) mass is 325 g/mol. The maximum Gasteiger partial charge on any atom is 0.411 e. The Hall–Kier alpha value is -1.56. The number of ether oxygens (including phenoxy) is 1. The standard InChI is InChI=1S/C17H31N3O3/c1-10-9-20(15(22)23-17(6,7)8)12(10)11(2)19-14(21)13(18)16(3,4)5/h11-13H,1,9,18H2,2-8H3,(H,19,21)/t11-,12+,13?/m0/s1. The van der Waals surface area contributed by atoms with E-state index >= 15 is 0 Å². The second kappa shape index (κ2) is 6.51. The number of rotatable bonds is 3. The summed E-state index contributed by atoms with van der Waals surface area (Å²) in [6.45, 7) is 17.5. The van der Waals surface area contributed by atoms with Gasteiger partial charge in [0.25, 0.3) is 0 Å². The van der Waals surface area contributed by atoms with E-state index in [0.717, 1.165) is 5.57 Å². The third-order valence-corrected chi connectivity index (χ3v) is 3.81. The van der Waals surface area contributed by atoms with E-state index < -0.39 is 17.7 Å². The van der Waals surface area contributed by atoms with Crippen LogP contribution in [0.3, 0.4) is 0 Å². The van der Waals surface area contributed by atoms with Gasteiger partial charge in [-0.05, 0) is 38.7 Å². The Labute approximate surface area is 139 Å². The molecule has 2 amide bonds. The topological polar surface area (TPSA) is 84.7 Å². The van der Waals surface area contributed by atoms with Crippen molar-refractivity contribution in [2.24, 2.45) is 11.1 Å². The van der Waals surface area contributed by atoms with Gasteiger partial charge in [0.15, 0.2) is 0 Å². The average Bonchev–Trinajstić information content (AvgIpc) is 2.30. The van der Waals surface area contributed by atoms with Crippen molar-refractivity contribution in [3.63, 3.8) is 0 Å². The molecule has 0 radical (unpaired) electrons.